The fraction of sp³-hybridized carbons (Fsp3) is 0.0769. The molecule has 2 heterocycles. The summed E-state index contributed by atoms with van der Waals surface area (Å²) < 4.78 is 25.4. The molecule has 2 aromatic carbocycles. The molecule has 0 radical (unpaired) electrons. The minimum atomic E-state index is -0.521. The minimum Gasteiger partial charge on any atom is -0.495 e. The number of nitrogens with one attached hydrogen (secondary N) is 2. The number of ether oxygens (including phenoxy) is 2. The van der Waals surface area contributed by atoms with Crippen LogP contribution < -0.4 is 20.1 Å². The van der Waals surface area contributed by atoms with E-state index in [1.54, 1.807) is 30.5 Å². The van der Waals surface area contributed by atoms with Crippen LogP contribution >= 0.6 is 23.2 Å². The zero-order valence-corrected chi connectivity index (χ0v) is 21.2. The number of carbonyl (C=O) groups excluding carboxylic acids is 1. The van der Waals surface area contributed by atoms with Gasteiger partial charge in [-0.15, -0.1) is 0 Å². The van der Waals surface area contributed by atoms with Gasteiger partial charge < -0.3 is 20.1 Å². The van der Waals surface area contributed by atoms with Crippen LogP contribution in [-0.4, -0.2) is 35.1 Å². The number of anilines is 3. The van der Waals surface area contributed by atoms with Crippen LogP contribution in [0.5, 0.6) is 11.5 Å². The molecule has 0 bridgehead atoms. The van der Waals surface area contributed by atoms with E-state index in [1.807, 2.05) is 0 Å². The van der Waals surface area contributed by atoms with Gasteiger partial charge in [0, 0.05) is 29.1 Å². The van der Waals surface area contributed by atoms with Gasteiger partial charge in [-0.25, -0.2) is 19.3 Å². The summed E-state index contributed by atoms with van der Waals surface area (Å²) in [5.41, 5.74) is 2.20. The molecule has 0 aliphatic carbocycles. The summed E-state index contributed by atoms with van der Waals surface area (Å²) in [6, 6.07) is 10.9. The van der Waals surface area contributed by atoms with Crippen LogP contribution in [-0.2, 0) is 4.79 Å². The zero-order valence-electron chi connectivity index (χ0n) is 19.7. The molecule has 0 aliphatic heterocycles. The standard InChI is InChI=1S/C26H20Cl2FN5O3/c1-4-22(35)33-14-7-8-17(29)16(10-14)19-11-18(31-13-32-19)15-6-5-9-30-26(15)34-25-23(27)20(36-2)12-21(37-3)24(25)28/h4-13H,1H2,2-3H3,(H,30,34)(H,33,35). The number of benzene rings is 2. The second-order valence-corrected chi connectivity index (χ2v) is 8.24. The summed E-state index contributed by atoms with van der Waals surface area (Å²) in [4.78, 5) is 24.7. The highest BCUT2D eigenvalue weighted by Crippen LogP contribution is 2.45. The molecule has 0 unspecified atom stereocenters. The van der Waals surface area contributed by atoms with Gasteiger partial charge in [0.25, 0.3) is 0 Å². The molecule has 0 saturated heterocycles. The van der Waals surface area contributed by atoms with Crippen LogP contribution in [0.3, 0.4) is 0 Å². The summed E-state index contributed by atoms with van der Waals surface area (Å²) in [6.07, 6.45) is 4.02. The molecule has 2 aromatic heterocycles. The van der Waals surface area contributed by atoms with Crippen molar-refractivity contribution in [3.05, 3.63) is 83.5 Å². The summed E-state index contributed by atoms with van der Waals surface area (Å²) >= 11 is 13.0. The van der Waals surface area contributed by atoms with Gasteiger partial charge >= 0.3 is 0 Å². The Bertz CT molecular complexity index is 1470. The molecule has 1 amide bonds. The van der Waals surface area contributed by atoms with Crippen molar-refractivity contribution in [2.24, 2.45) is 0 Å². The molecular weight excluding hydrogens is 520 g/mol. The molecule has 8 nitrogen and oxygen atoms in total. The molecule has 0 fully saturated rings. The van der Waals surface area contributed by atoms with Crippen LogP contribution in [0.4, 0.5) is 21.6 Å². The monoisotopic (exact) mass is 539 g/mol. The predicted molar refractivity (Wildman–Crippen MR) is 142 cm³/mol. The van der Waals surface area contributed by atoms with E-state index in [9.17, 15) is 9.18 Å². The molecule has 188 valence electrons. The van der Waals surface area contributed by atoms with Crippen molar-refractivity contribution in [2.45, 2.75) is 0 Å². The van der Waals surface area contributed by atoms with E-state index in [0.717, 1.165) is 6.08 Å². The largest absolute Gasteiger partial charge is 0.495 e. The fourth-order valence-corrected chi connectivity index (χ4v) is 4.07. The predicted octanol–water partition coefficient (Wildman–Crippen LogP) is 6.54. The van der Waals surface area contributed by atoms with Gasteiger partial charge in [0.2, 0.25) is 5.91 Å². The minimum absolute atomic E-state index is 0.174. The molecular formula is C26H20Cl2FN5O3. The Morgan fingerprint density at radius 1 is 0.973 bits per heavy atom. The average molecular weight is 540 g/mol. The number of nitrogens with zero attached hydrogens (tertiary/aromatic N) is 3. The Balaban J connectivity index is 1.76. The third-order valence-corrected chi connectivity index (χ3v) is 6.01. The maximum atomic E-state index is 14.7. The van der Waals surface area contributed by atoms with E-state index in [-0.39, 0.29) is 15.6 Å². The molecule has 0 saturated carbocycles. The number of halogens is 3. The number of aromatic nitrogens is 3. The second-order valence-electron chi connectivity index (χ2n) is 7.49. The van der Waals surface area contributed by atoms with Crippen LogP contribution in [0.1, 0.15) is 0 Å². The van der Waals surface area contributed by atoms with Gasteiger partial charge in [-0.1, -0.05) is 29.8 Å². The van der Waals surface area contributed by atoms with E-state index >= 15 is 0 Å². The van der Waals surface area contributed by atoms with Gasteiger partial charge in [0.05, 0.1) is 31.3 Å². The maximum Gasteiger partial charge on any atom is 0.247 e. The molecule has 2 N–H and O–H groups in total. The first-order valence-corrected chi connectivity index (χ1v) is 11.5. The first-order valence-electron chi connectivity index (χ1n) is 10.7. The lowest BCUT2D eigenvalue weighted by molar-refractivity contribution is -0.111. The van der Waals surface area contributed by atoms with Crippen molar-refractivity contribution in [1.82, 2.24) is 15.0 Å². The molecule has 0 atom stereocenters. The number of methoxy groups -OCH3 is 2. The Morgan fingerprint density at radius 2 is 1.65 bits per heavy atom. The van der Waals surface area contributed by atoms with E-state index in [4.69, 9.17) is 32.7 Å². The second kappa shape index (κ2) is 11.2. The smallest absolute Gasteiger partial charge is 0.247 e. The van der Waals surface area contributed by atoms with Crippen molar-refractivity contribution < 1.29 is 18.7 Å². The van der Waals surface area contributed by atoms with Crippen molar-refractivity contribution in [3.8, 4) is 34.0 Å². The number of hydrogen-bond donors (Lipinski definition) is 2. The van der Waals surface area contributed by atoms with Gasteiger partial charge in [-0.05, 0) is 42.5 Å². The molecule has 11 heteroatoms. The quantitative estimate of drug-likeness (QED) is 0.245. The Kier molecular flexibility index (Phi) is 7.86. The molecule has 37 heavy (non-hydrogen) atoms. The lowest BCUT2D eigenvalue weighted by Gasteiger charge is -2.17. The summed E-state index contributed by atoms with van der Waals surface area (Å²) in [5.74, 6) is 0.141. The fourth-order valence-electron chi connectivity index (χ4n) is 3.47. The third kappa shape index (κ3) is 5.47. The average Bonchev–Trinajstić information content (AvgIpc) is 2.92. The van der Waals surface area contributed by atoms with Gasteiger partial charge in [-0.3, -0.25) is 4.79 Å². The van der Waals surface area contributed by atoms with Crippen molar-refractivity contribution in [2.75, 3.05) is 24.9 Å². The summed E-state index contributed by atoms with van der Waals surface area (Å²) in [5, 5.41) is 6.21. The highest BCUT2D eigenvalue weighted by Gasteiger charge is 2.20. The van der Waals surface area contributed by atoms with Crippen molar-refractivity contribution >= 4 is 46.3 Å². The van der Waals surface area contributed by atoms with E-state index in [2.05, 4.69) is 32.2 Å². The first-order chi connectivity index (χ1) is 17.9. The van der Waals surface area contributed by atoms with Gasteiger partial charge in [0.1, 0.15) is 39.5 Å². The number of carbonyl (C=O) groups is 1. The van der Waals surface area contributed by atoms with Gasteiger partial charge in [0.15, 0.2) is 0 Å². The lowest BCUT2D eigenvalue weighted by Crippen LogP contribution is -2.07. The van der Waals surface area contributed by atoms with E-state index in [0.29, 0.717) is 45.6 Å². The normalized spacial score (nSPS) is 10.5. The molecule has 0 aliphatic rings. The maximum absolute atomic E-state index is 14.7. The summed E-state index contributed by atoms with van der Waals surface area (Å²) in [6.45, 7) is 3.42. The SMILES string of the molecule is C=CC(=O)Nc1ccc(F)c(-c2cc(-c3cccnc3Nc3c(Cl)c(OC)cc(OC)c3Cl)ncn2)c1. The van der Waals surface area contributed by atoms with Crippen LogP contribution in [0.15, 0.2) is 67.6 Å². The highest BCUT2D eigenvalue weighted by molar-refractivity contribution is 6.41. The zero-order chi connectivity index (χ0) is 26.5. The highest BCUT2D eigenvalue weighted by atomic mass is 35.5. The first kappa shape index (κ1) is 25.9. The van der Waals surface area contributed by atoms with Crippen molar-refractivity contribution in [1.29, 1.82) is 0 Å². The Morgan fingerprint density at radius 3 is 2.30 bits per heavy atom. The Labute approximate surface area is 222 Å². The lowest BCUT2D eigenvalue weighted by atomic mass is 10.1. The number of pyridine rings is 1. The van der Waals surface area contributed by atoms with Crippen LogP contribution in [0, 0.1) is 5.82 Å². The molecule has 0 spiro atoms. The van der Waals surface area contributed by atoms with Crippen molar-refractivity contribution in [3.63, 3.8) is 0 Å². The van der Waals surface area contributed by atoms with Crippen LogP contribution in [0.25, 0.3) is 22.5 Å². The van der Waals surface area contributed by atoms with Crippen LogP contribution in [0.2, 0.25) is 10.0 Å². The Hall–Kier alpha value is -4.21. The van der Waals surface area contributed by atoms with E-state index < -0.39 is 11.7 Å². The third-order valence-electron chi connectivity index (χ3n) is 5.26. The number of rotatable bonds is 8. The van der Waals surface area contributed by atoms with Gasteiger partial charge in [-0.2, -0.15) is 0 Å². The molecule has 4 rings (SSSR count). The molecule has 4 aromatic rings. The summed E-state index contributed by atoms with van der Waals surface area (Å²) in [7, 11) is 2.95. The van der Waals surface area contributed by atoms with E-state index in [1.165, 1.54) is 38.7 Å². The topological polar surface area (TPSA) is 98.3 Å². The number of amides is 1. The number of hydrogen-bond acceptors (Lipinski definition) is 7.